The van der Waals surface area contributed by atoms with Crippen molar-refractivity contribution in [3.63, 3.8) is 0 Å². The summed E-state index contributed by atoms with van der Waals surface area (Å²) in [5.41, 5.74) is -0.517. The lowest BCUT2D eigenvalue weighted by Crippen LogP contribution is -2.45. The maximum atomic E-state index is 11.5. The highest BCUT2D eigenvalue weighted by Gasteiger charge is 2.27. The Morgan fingerprint density at radius 3 is 2.53 bits per heavy atom. The van der Waals surface area contributed by atoms with Crippen LogP contribution in [0.1, 0.15) is 34.1 Å². The lowest BCUT2D eigenvalue weighted by molar-refractivity contribution is 0.0507. The molecule has 1 heterocycles. The zero-order valence-electron chi connectivity index (χ0n) is 12.0. The molecule has 1 fully saturated rings. The highest BCUT2D eigenvalue weighted by Crippen LogP contribution is 2.11. The van der Waals surface area contributed by atoms with Gasteiger partial charge < -0.3 is 15.4 Å². The van der Waals surface area contributed by atoms with Gasteiger partial charge in [0.1, 0.15) is 5.60 Å². The van der Waals surface area contributed by atoms with E-state index in [1.807, 2.05) is 6.92 Å². The Hall–Kier alpha value is -0.820. The predicted octanol–water partition coefficient (Wildman–Crippen LogP) is 0.676. The first-order valence-corrected chi connectivity index (χ1v) is 8.33. The number of nitrogens with one attached hydrogen (secondary N) is 2. The third kappa shape index (κ3) is 6.77. The molecule has 6 nitrogen and oxygen atoms in total. The number of rotatable bonds is 4. The molecule has 0 bridgehead atoms. The topological polar surface area (TPSA) is 84.5 Å². The fraction of sp³-hybridized carbons (Fsp3) is 0.917. The number of hydrogen-bond acceptors (Lipinski definition) is 5. The van der Waals surface area contributed by atoms with Gasteiger partial charge in [-0.2, -0.15) is 0 Å². The lowest BCUT2D eigenvalue weighted by Gasteiger charge is -2.22. The van der Waals surface area contributed by atoms with Crippen molar-refractivity contribution in [2.45, 2.75) is 51.8 Å². The van der Waals surface area contributed by atoms with Crippen LogP contribution in [0, 0.1) is 0 Å². The summed E-state index contributed by atoms with van der Waals surface area (Å²) in [5, 5.41) is 5.86. The lowest BCUT2D eigenvalue weighted by atomic mass is 10.2. The molecule has 1 saturated heterocycles. The fourth-order valence-corrected chi connectivity index (χ4v) is 3.57. The number of hydrogen-bond donors (Lipinski definition) is 2. The van der Waals surface area contributed by atoms with Gasteiger partial charge in [-0.05, 0) is 34.1 Å². The smallest absolute Gasteiger partial charge is 0.407 e. The number of carbonyl (C=O) groups is 1. The van der Waals surface area contributed by atoms with Gasteiger partial charge >= 0.3 is 6.09 Å². The van der Waals surface area contributed by atoms with Gasteiger partial charge in [0.05, 0.1) is 11.5 Å². The van der Waals surface area contributed by atoms with Crippen LogP contribution in [0.2, 0.25) is 0 Å². The van der Waals surface area contributed by atoms with Crippen molar-refractivity contribution >= 4 is 15.9 Å². The summed E-state index contributed by atoms with van der Waals surface area (Å²) >= 11 is 0. The molecule has 112 valence electrons. The highest BCUT2D eigenvalue weighted by atomic mass is 32.2. The molecule has 0 aromatic carbocycles. The highest BCUT2D eigenvalue weighted by molar-refractivity contribution is 7.91. The zero-order valence-corrected chi connectivity index (χ0v) is 12.8. The second-order valence-corrected chi connectivity index (χ2v) is 8.28. The van der Waals surface area contributed by atoms with Gasteiger partial charge in [-0.3, -0.25) is 0 Å². The summed E-state index contributed by atoms with van der Waals surface area (Å²) in [6, 6.07) is -0.119. The van der Waals surface area contributed by atoms with E-state index in [0.29, 0.717) is 13.0 Å². The van der Waals surface area contributed by atoms with Crippen molar-refractivity contribution in [1.82, 2.24) is 10.6 Å². The largest absolute Gasteiger partial charge is 0.444 e. The summed E-state index contributed by atoms with van der Waals surface area (Å²) < 4.78 is 27.7. The summed E-state index contributed by atoms with van der Waals surface area (Å²) in [6.07, 6.45) is 0.183. The van der Waals surface area contributed by atoms with Crippen LogP contribution in [-0.2, 0) is 14.6 Å². The molecule has 0 aliphatic carbocycles. The quantitative estimate of drug-likeness (QED) is 0.796. The molecular formula is C12H24N2O4S. The van der Waals surface area contributed by atoms with Crippen molar-refractivity contribution in [3.8, 4) is 0 Å². The Balaban J connectivity index is 2.25. The van der Waals surface area contributed by atoms with Crippen molar-refractivity contribution in [3.05, 3.63) is 0 Å². The average molecular weight is 292 g/mol. The third-order valence-corrected chi connectivity index (χ3v) is 4.48. The SMILES string of the molecule is CC(CNC1CCS(=O)(=O)C1)NC(=O)OC(C)(C)C. The molecule has 2 unspecified atom stereocenters. The molecule has 2 atom stereocenters. The second kappa shape index (κ2) is 6.09. The molecular weight excluding hydrogens is 268 g/mol. The van der Waals surface area contributed by atoms with Gasteiger partial charge in [-0.15, -0.1) is 0 Å². The molecule has 0 aromatic rings. The maximum absolute atomic E-state index is 11.5. The van der Waals surface area contributed by atoms with E-state index in [1.54, 1.807) is 20.8 Å². The van der Waals surface area contributed by atoms with Crippen LogP contribution in [0.3, 0.4) is 0 Å². The molecule has 0 saturated carbocycles. The number of sulfone groups is 1. The first kappa shape index (κ1) is 16.2. The van der Waals surface area contributed by atoms with Crippen LogP contribution in [0.25, 0.3) is 0 Å². The zero-order chi connectivity index (χ0) is 14.7. The van der Waals surface area contributed by atoms with Gasteiger partial charge in [-0.1, -0.05) is 0 Å². The molecule has 19 heavy (non-hydrogen) atoms. The van der Waals surface area contributed by atoms with Crippen molar-refractivity contribution in [2.24, 2.45) is 0 Å². The third-order valence-electron chi connectivity index (χ3n) is 2.71. The summed E-state index contributed by atoms with van der Waals surface area (Å²) in [7, 11) is -2.86. The Morgan fingerprint density at radius 2 is 2.05 bits per heavy atom. The predicted molar refractivity (Wildman–Crippen MR) is 73.9 cm³/mol. The van der Waals surface area contributed by atoms with Gasteiger partial charge in [0.15, 0.2) is 9.84 Å². The van der Waals surface area contributed by atoms with E-state index in [4.69, 9.17) is 4.74 Å². The summed E-state index contributed by atoms with van der Waals surface area (Å²) in [5.74, 6) is 0.435. The van der Waals surface area contributed by atoms with E-state index in [1.165, 1.54) is 0 Å². The first-order chi connectivity index (χ1) is 8.57. The van der Waals surface area contributed by atoms with Crippen LogP contribution in [0.15, 0.2) is 0 Å². The Bertz CT molecular complexity index is 414. The molecule has 1 aliphatic rings. The normalized spacial score (nSPS) is 23.9. The molecule has 7 heteroatoms. The monoisotopic (exact) mass is 292 g/mol. The Labute approximate surface area is 115 Å². The minimum Gasteiger partial charge on any atom is -0.444 e. The van der Waals surface area contributed by atoms with Crippen LogP contribution < -0.4 is 10.6 Å². The first-order valence-electron chi connectivity index (χ1n) is 6.51. The average Bonchev–Trinajstić information content (AvgIpc) is 2.52. The van der Waals surface area contributed by atoms with Gasteiger partial charge in [0.25, 0.3) is 0 Å². The second-order valence-electron chi connectivity index (χ2n) is 6.06. The molecule has 0 aromatic heterocycles. The van der Waals surface area contributed by atoms with Crippen LogP contribution in [-0.4, -0.2) is 50.2 Å². The minimum absolute atomic E-state index is 0.00659. The molecule has 1 rings (SSSR count). The van der Waals surface area contributed by atoms with Gasteiger partial charge in [0.2, 0.25) is 0 Å². The molecule has 1 amide bonds. The minimum atomic E-state index is -2.86. The van der Waals surface area contributed by atoms with Crippen LogP contribution in [0.5, 0.6) is 0 Å². The van der Waals surface area contributed by atoms with Crippen LogP contribution >= 0.6 is 0 Å². The van der Waals surface area contributed by atoms with Gasteiger partial charge in [0, 0.05) is 18.6 Å². The van der Waals surface area contributed by atoms with Crippen molar-refractivity contribution < 1.29 is 17.9 Å². The van der Waals surface area contributed by atoms with E-state index in [9.17, 15) is 13.2 Å². The van der Waals surface area contributed by atoms with E-state index in [2.05, 4.69) is 10.6 Å². The molecule has 0 spiro atoms. The number of ether oxygens (including phenoxy) is 1. The molecule has 0 radical (unpaired) electrons. The van der Waals surface area contributed by atoms with Crippen molar-refractivity contribution in [2.75, 3.05) is 18.1 Å². The Kier molecular flexibility index (Phi) is 5.20. The molecule has 1 aliphatic heterocycles. The Morgan fingerprint density at radius 1 is 1.42 bits per heavy atom. The molecule has 2 N–H and O–H groups in total. The summed E-state index contributed by atoms with van der Waals surface area (Å²) in [6.45, 7) is 7.79. The fourth-order valence-electron chi connectivity index (χ4n) is 1.86. The number of carbonyl (C=O) groups excluding carboxylic acids is 1. The van der Waals surface area contributed by atoms with E-state index in [-0.39, 0.29) is 23.6 Å². The van der Waals surface area contributed by atoms with Gasteiger partial charge in [-0.25, -0.2) is 13.2 Å². The van der Waals surface area contributed by atoms with E-state index < -0.39 is 21.5 Å². The standard InChI is InChI=1S/C12H24N2O4S/c1-9(14-11(15)18-12(2,3)4)7-13-10-5-6-19(16,17)8-10/h9-10,13H,5-8H2,1-4H3,(H,14,15). The van der Waals surface area contributed by atoms with Crippen molar-refractivity contribution in [1.29, 1.82) is 0 Å². The van der Waals surface area contributed by atoms with E-state index in [0.717, 1.165) is 0 Å². The number of alkyl carbamates (subject to hydrolysis) is 1. The van der Waals surface area contributed by atoms with Crippen LogP contribution in [0.4, 0.5) is 4.79 Å². The maximum Gasteiger partial charge on any atom is 0.407 e. The number of amides is 1. The van der Waals surface area contributed by atoms with E-state index >= 15 is 0 Å². The summed E-state index contributed by atoms with van der Waals surface area (Å²) in [4.78, 5) is 11.5.